The van der Waals surface area contributed by atoms with E-state index in [1.807, 2.05) is 13.1 Å². The molecule has 0 saturated heterocycles. The summed E-state index contributed by atoms with van der Waals surface area (Å²) >= 11 is 0. The summed E-state index contributed by atoms with van der Waals surface area (Å²) in [6, 6.07) is 8.01. The van der Waals surface area contributed by atoms with Gasteiger partial charge in [0.2, 0.25) is 5.82 Å². The van der Waals surface area contributed by atoms with E-state index in [2.05, 4.69) is 38.3 Å². The Balaban J connectivity index is 1.37. The molecule has 1 aromatic carbocycles. The van der Waals surface area contributed by atoms with Crippen molar-refractivity contribution in [1.29, 1.82) is 0 Å². The fourth-order valence-corrected chi connectivity index (χ4v) is 5.40. The third-order valence-corrected chi connectivity index (χ3v) is 7.81. The highest BCUT2D eigenvalue weighted by Crippen LogP contribution is 2.42. The summed E-state index contributed by atoms with van der Waals surface area (Å²) in [5.74, 6) is -1.75. The van der Waals surface area contributed by atoms with Gasteiger partial charge in [-0.3, -0.25) is 4.99 Å². The first-order valence-electron chi connectivity index (χ1n) is 12.7. The summed E-state index contributed by atoms with van der Waals surface area (Å²) in [5, 5.41) is 12.3. The van der Waals surface area contributed by atoms with Crippen LogP contribution in [0.1, 0.15) is 55.8 Å². The average Bonchev–Trinajstić information content (AvgIpc) is 3.64. The number of amidine groups is 1. The molecule has 0 amide bonds. The zero-order chi connectivity index (χ0) is 25.0. The second kappa shape index (κ2) is 8.57. The Morgan fingerprint density at radius 3 is 2.75 bits per heavy atom. The SMILES string of the molecule is CCC1Cc2ccc(C(F)(F)c3nnc4ccc(C5=CC(C)C(C6CC6)CN=C5)nn34)cc2N=C1N. The Morgan fingerprint density at radius 1 is 1.14 bits per heavy atom. The molecule has 1 saturated carbocycles. The molecular weight excluding hydrogens is 460 g/mol. The summed E-state index contributed by atoms with van der Waals surface area (Å²) in [6.45, 7) is 5.03. The van der Waals surface area contributed by atoms with Crippen LogP contribution in [0.5, 0.6) is 0 Å². The van der Waals surface area contributed by atoms with Gasteiger partial charge < -0.3 is 5.73 Å². The van der Waals surface area contributed by atoms with Gasteiger partial charge in [-0.15, -0.1) is 10.2 Å². The number of nitrogens with two attached hydrogens (primary N) is 1. The third kappa shape index (κ3) is 3.90. The lowest BCUT2D eigenvalue weighted by molar-refractivity contribution is 0.0306. The van der Waals surface area contributed by atoms with E-state index in [0.717, 1.165) is 34.5 Å². The molecule has 4 heterocycles. The van der Waals surface area contributed by atoms with Crippen LogP contribution in [-0.2, 0) is 12.3 Å². The molecule has 186 valence electrons. The first-order chi connectivity index (χ1) is 17.3. The van der Waals surface area contributed by atoms with Gasteiger partial charge in [-0.05, 0) is 67.2 Å². The third-order valence-electron chi connectivity index (χ3n) is 7.81. The van der Waals surface area contributed by atoms with E-state index in [9.17, 15) is 0 Å². The standard InChI is InChI=1S/C27H29F2N7/c1-3-16-11-18-6-7-20(12-23(18)32-25(16)30)27(28,29)26-34-33-24-9-8-22(35-36(24)26)19-10-15(2)21(14-31-13-19)17-4-5-17/h6-10,12-13,15-17,21H,3-5,11,14H2,1-2H3,(H2,30,32). The minimum Gasteiger partial charge on any atom is -0.387 e. The second-order valence-corrected chi connectivity index (χ2v) is 10.3. The van der Waals surface area contributed by atoms with Gasteiger partial charge in [0.1, 0.15) is 5.84 Å². The van der Waals surface area contributed by atoms with Crippen molar-refractivity contribution < 1.29 is 8.78 Å². The predicted octanol–water partition coefficient (Wildman–Crippen LogP) is 4.97. The number of rotatable bonds is 5. The minimum absolute atomic E-state index is 0.135. The van der Waals surface area contributed by atoms with Crippen LogP contribution in [0.2, 0.25) is 0 Å². The molecule has 3 atom stereocenters. The van der Waals surface area contributed by atoms with Gasteiger partial charge in [-0.1, -0.05) is 32.1 Å². The molecule has 0 spiro atoms. The number of hydrogen-bond donors (Lipinski definition) is 1. The molecule has 2 aliphatic heterocycles. The van der Waals surface area contributed by atoms with Crippen molar-refractivity contribution >= 4 is 29.0 Å². The highest BCUT2D eigenvalue weighted by Gasteiger charge is 2.41. The second-order valence-electron chi connectivity index (χ2n) is 10.3. The molecule has 7 nitrogen and oxygen atoms in total. The molecule has 3 unspecified atom stereocenters. The number of benzene rings is 1. The van der Waals surface area contributed by atoms with E-state index >= 15 is 8.78 Å². The maximum atomic E-state index is 15.8. The molecule has 3 aromatic rings. The van der Waals surface area contributed by atoms with Crippen LogP contribution in [-0.4, -0.2) is 38.4 Å². The first-order valence-corrected chi connectivity index (χ1v) is 12.7. The smallest absolute Gasteiger partial charge is 0.333 e. The minimum atomic E-state index is -3.43. The van der Waals surface area contributed by atoms with Crippen molar-refractivity contribution in [1.82, 2.24) is 19.8 Å². The molecule has 0 bridgehead atoms. The topological polar surface area (TPSA) is 93.8 Å². The van der Waals surface area contributed by atoms with Gasteiger partial charge in [-0.2, -0.15) is 18.4 Å². The summed E-state index contributed by atoms with van der Waals surface area (Å²) in [7, 11) is 0. The number of nitrogens with zero attached hydrogens (tertiary/aromatic N) is 6. The monoisotopic (exact) mass is 489 g/mol. The Hall–Kier alpha value is -3.49. The Bertz CT molecular complexity index is 1420. The molecule has 1 fully saturated rings. The van der Waals surface area contributed by atoms with Crippen LogP contribution in [0, 0.1) is 23.7 Å². The molecule has 3 aliphatic rings. The predicted molar refractivity (Wildman–Crippen MR) is 136 cm³/mol. The van der Waals surface area contributed by atoms with E-state index in [1.54, 1.807) is 18.2 Å². The van der Waals surface area contributed by atoms with Crippen LogP contribution in [0.4, 0.5) is 14.5 Å². The molecule has 36 heavy (non-hydrogen) atoms. The van der Waals surface area contributed by atoms with Crippen molar-refractivity contribution in [3.63, 3.8) is 0 Å². The molecule has 2 N–H and O–H groups in total. The van der Waals surface area contributed by atoms with Crippen molar-refractivity contribution in [2.75, 3.05) is 6.54 Å². The number of alkyl halides is 2. The molecule has 1 aliphatic carbocycles. The van der Waals surface area contributed by atoms with Gasteiger partial charge in [0, 0.05) is 29.8 Å². The summed E-state index contributed by atoms with van der Waals surface area (Å²) in [6.07, 6.45) is 8.04. The number of allylic oxidation sites excluding steroid dienone is 2. The van der Waals surface area contributed by atoms with E-state index in [0.29, 0.717) is 35.5 Å². The fourth-order valence-electron chi connectivity index (χ4n) is 5.40. The number of aromatic nitrogens is 4. The molecular formula is C27H29F2N7. The number of halogens is 2. The van der Waals surface area contributed by atoms with Crippen LogP contribution in [0.3, 0.4) is 0 Å². The number of hydrogen-bond acceptors (Lipinski definition) is 6. The van der Waals surface area contributed by atoms with E-state index in [-0.39, 0.29) is 17.1 Å². The summed E-state index contributed by atoms with van der Waals surface area (Å²) < 4.78 is 32.8. The normalized spacial score (nSPS) is 24.3. The lowest BCUT2D eigenvalue weighted by Gasteiger charge is -2.23. The van der Waals surface area contributed by atoms with E-state index in [4.69, 9.17) is 5.73 Å². The van der Waals surface area contributed by atoms with Gasteiger partial charge in [-0.25, -0.2) is 4.99 Å². The van der Waals surface area contributed by atoms with Gasteiger partial charge in [0.25, 0.3) is 0 Å². The highest BCUT2D eigenvalue weighted by atomic mass is 19.3. The number of fused-ring (bicyclic) bond motifs is 2. The summed E-state index contributed by atoms with van der Waals surface area (Å²) in [4.78, 5) is 9.03. The lowest BCUT2D eigenvalue weighted by atomic mass is 9.88. The molecule has 6 rings (SSSR count). The Kier molecular flexibility index (Phi) is 5.46. The van der Waals surface area contributed by atoms with Crippen LogP contribution in [0.15, 0.2) is 46.4 Å². The maximum absolute atomic E-state index is 15.8. The Morgan fingerprint density at radius 2 is 1.97 bits per heavy atom. The molecule has 0 radical (unpaired) electrons. The first kappa shape index (κ1) is 22.9. The van der Waals surface area contributed by atoms with Gasteiger partial charge >= 0.3 is 5.92 Å². The molecule has 9 heteroatoms. The Labute approximate surface area is 208 Å². The molecule has 2 aromatic heterocycles. The lowest BCUT2D eigenvalue weighted by Crippen LogP contribution is -2.27. The van der Waals surface area contributed by atoms with Crippen molar-refractivity contribution in [3.8, 4) is 0 Å². The van der Waals surface area contributed by atoms with Crippen molar-refractivity contribution in [3.05, 3.63) is 59.1 Å². The van der Waals surface area contributed by atoms with Gasteiger partial charge in [0.05, 0.1) is 11.4 Å². The van der Waals surface area contributed by atoms with Crippen LogP contribution in [0.25, 0.3) is 11.2 Å². The van der Waals surface area contributed by atoms with E-state index in [1.165, 1.54) is 25.0 Å². The fraction of sp³-hybridized carbons (Fsp3) is 0.444. The zero-order valence-corrected chi connectivity index (χ0v) is 20.4. The van der Waals surface area contributed by atoms with Crippen LogP contribution < -0.4 is 5.73 Å². The van der Waals surface area contributed by atoms with E-state index < -0.39 is 11.7 Å². The van der Waals surface area contributed by atoms with Crippen molar-refractivity contribution in [2.24, 2.45) is 39.4 Å². The van der Waals surface area contributed by atoms with Crippen molar-refractivity contribution in [2.45, 2.75) is 45.5 Å². The largest absolute Gasteiger partial charge is 0.387 e. The zero-order valence-electron chi connectivity index (χ0n) is 20.4. The number of aliphatic imine (C=N–C) groups is 2. The van der Waals surface area contributed by atoms with Gasteiger partial charge in [0.15, 0.2) is 5.65 Å². The average molecular weight is 490 g/mol. The summed E-state index contributed by atoms with van der Waals surface area (Å²) in [5.41, 5.74) is 8.92. The maximum Gasteiger partial charge on any atom is 0.333 e. The van der Waals surface area contributed by atoms with Crippen LogP contribution >= 0.6 is 0 Å². The highest BCUT2D eigenvalue weighted by molar-refractivity contribution is 6.09. The quantitative estimate of drug-likeness (QED) is 0.548.